The topological polar surface area (TPSA) is 52.7 Å². The van der Waals surface area contributed by atoms with Crippen LogP contribution in [0, 0.1) is 11.8 Å². The summed E-state index contributed by atoms with van der Waals surface area (Å²) in [4.78, 5) is 29.0. The number of hydrogen-bond donors (Lipinski definition) is 1. The first kappa shape index (κ1) is 16.7. The summed E-state index contributed by atoms with van der Waals surface area (Å²) >= 11 is 0. The van der Waals surface area contributed by atoms with E-state index in [1.807, 2.05) is 0 Å². The Kier molecular flexibility index (Phi) is 5.24. The molecule has 2 saturated heterocycles. The molecular formula is C18H31N3O2. The van der Waals surface area contributed by atoms with Gasteiger partial charge in [-0.25, -0.2) is 0 Å². The third-order valence-electron chi connectivity index (χ3n) is 5.97. The summed E-state index contributed by atoms with van der Waals surface area (Å²) in [7, 11) is 2.21. The van der Waals surface area contributed by atoms with Crippen LogP contribution in [0.2, 0.25) is 0 Å². The van der Waals surface area contributed by atoms with E-state index in [1.54, 1.807) is 6.92 Å². The van der Waals surface area contributed by atoms with Crippen molar-refractivity contribution in [2.45, 2.75) is 64.0 Å². The average Bonchev–Trinajstić information content (AvgIpc) is 2.74. The third kappa shape index (κ3) is 4.06. The zero-order chi connectivity index (χ0) is 16.4. The summed E-state index contributed by atoms with van der Waals surface area (Å²) in [6.45, 7) is 4.53. The van der Waals surface area contributed by atoms with Gasteiger partial charge in [-0.15, -0.1) is 0 Å². The molecular weight excluding hydrogens is 290 g/mol. The lowest BCUT2D eigenvalue weighted by Gasteiger charge is -2.35. The molecule has 130 valence electrons. The SMILES string of the molecule is CC(=O)NC1CCCC(C(=O)N2C[C@H]3CCC[C@@H](C2)N(C)C3)C1. The van der Waals surface area contributed by atoms with Crippen molar-refractivity contribution in [1.82, 2.24) is 15.1 Å². The van der Waals surface area contributed by atoms with E-state index >= 15 is 0 Å². The fourth-order valence-electron chi connectivity index (χ4n) is 4.80. The number of carbonyl (C=O) groups is 2. The summed E-state index contributed by atoms with van der Waals surface area (Å²) in [6, 6.07) is 0.713. The lowest BCUT2D eigenvalue weighted by Crippen LogP contribution is -2.47. The predicted octanol–water partition coefficient (Wildman–Crippen LogP) is 1.62. The first-order chi connectivity index (χ1) is 11.0. The minimum atomic E-state index is 0.0222. The van der Waals surface area contributed by atoms with Crippen LogP contribution < -0.4 is 5.32 Å². The maximum atomic E-state index is 13.1. The molecule has 0 aromatic rings. The highest BCUT2D eigenvalue weighted by Gasteiger charge is 2.36. The Morgan fingerprint density at radius 1 is 1.00 bits per heavy atom. The van der Waals surface area contributed by atoms with Crippen LogP contribution in [0.25, 0.3) is 0 Å². The van der Waals surface area contributed by atoms with E-state index in [2.05, 4.69) is 22.2 Å². The summed E-state index contributed by atoms with van der Waals surface area (Å²) in [6.07, 6.45) is 7.63. The molecule has 0 spiro atoms. The van der Waals surface area contributed by atoms with Gasteiger partial charge < -0.3 is 15.1 Å². The molecule has 5 heteroatoms. The van der Waals surface area contributed by atoms with Crippen molar-refractivity contribution in [2.24, 2.45) is 11.8 Å². The molecule has 4 atom stereocenters. The quantitative estimate of drug-likeness (QED) is 0.841. The number of likely N-dealkylation sites (N-methyl/N-ethyl adjacent to an activating group) is 1. The second-order valence-electron chi connectivity index (χ2n) is 7.89. The van der Waals surface area contributed by atoms with Crippen molar-refractivity contribution in [3.63, 3.8) is 0 Å². The lowest BCUT2D eigenvalue weighted by molar-refractivity contribution is -0.138. The van der Waals surface area contributed by atoms with Gasteiger partial charge in [0, 0.05) is 44.6 Å². The number of nitrogens with one attached hydrogen (secondary N) is 1. The molecule has 2 aliphatic heterocycles. The number of carbonyl (C=O) groups excluding carboxylic acids is 2. The molecule has 1 saturated carbocycles. The van der Waals surface area contributed by atoms with Crippen LogP contribution in [-0.4, -0.2) is 60.4 Å². The largest absolute Gasteiger partial charge is 0.354 e. The number of likely N-dealkylation sites (tertiary alicyclic amines) is 1. The molecule has 2 unspecified atom stereocenters. The maximum Gasteiger partial charge on any atom is 0.225 e. The Balaban J connectivity index is 1.64. The van der Waals surface area contributed by atoms with Gasteiger partial charge >= 0.3 is 0 Å². The Morgan fingerprint density at radius 2 is 1.78 bits per heavy atom. The fourth-order valence-corrected chi connectivity index (χ4v) is 4.80. The van der Waals surface area contributed by atoms with Crippen molar-refractivity contribution >= 4 is 11.8 Å². The van der Waals surface area contributed by atoms with E-state index in [1.165, 1.54) is 19.3 Å². The fraction of sp³-hybridized carbons (Fsp3) is 0.889. The van der Waals surface area contributed by atoms with Crippen molar-refractivity contribution in [3.8, 4) is 0 Å². The van der Waals surface area contributed by atoms with Crippen molar-refractivity contribution in [2.75, 3.05) is 26.7 Å². The molecule has 1 aliphatic carbocycles. The van der Waals surface area contributed by atoms with Crippen LogP contribution >= 0.6 is 0 Å². The molecule has 1 N–H and O–H groups in total. The first-order valence-electron chi connectivity index (χ1n) is 9.29. The molecule has 3 aliphatic rings. The molecule has 3 rings (SSSR count). The Bertz CT molecular complexity index is 454. The zero-order valence-corrected chi connectivity index (χ0v) is 14.6. The van der Waals surface area contributed by atoms with E-state index in [4.69, 9.17) is 0 Å². The van der Waals surface area contributed by atoms with Gasteiger partial charge in [0.2, 0.25) is 11.8 Å². The van der Waals surface area contributed by atoms with Gasteiger partial charge in [-0.1, -0.05) is 12.8 Å². The third-order valence-corrected chi connectivity index (χ3v) is 5.97. The second-order valence-corrected chi connectivity index (χ2v) is 7.89. The van der Waals surface area contributed by atoms with E-state index in [-0.39, 0.29) is 17.9 Å². The van der Waals surface area contributed by atoms with Crippen LogP contribution in [0.15, 0.2) is 0 Å². The summed E-state index contributed by atoms with van der Waals surface area (Å²) in [5.74, 6) is 1.09. The van der Waals surface area contributed by atoms with E-state index in [0.29, 0.717) is 17.9 Å². The van der Waals surface area contributed by atoms with Crippen molar-refractivity contribution in [1.29, 1.82) is 0 Å². The van der Waals surface area contributed by atoms with Crippen LogP contribution in [0.5, 0.6) is 0 Å². The molecule has 2 amide bonds. The number of hydrogen-bond acceptors (Lipinski definition) is 3. The van der Waals surface area contributed by atoms with Crippen LogP contribution in [0.3, 0.4) is 0 Å². The highest BCUT2D eigenvalue weighted by Crippen LogP contribution is 2.30. The standard InChI is InChI=1S/C18H31N3O2/c1-13(22)19-16-7-4-6-15(9-16)18(23)21-11-14-5-3-8-17(12-21)20(2)10-14/h14-17H,3-12H2,1-2H3,(H,19,22)/t14-,15?,16?,17-/m0/s1. The second kappa shape index (κ2) is 7.20. The number of rotatable bonds is 2. The van der Waals surface area contributed by atoms with Gasteiger partial charge in [-0.2, -0.15) is 0 Å². The van der Waals surface area contributed by atoms with E-state index in [0.717, 1.165) is 45.3 Å². The number of amides is 2. The van der Waals surface area contributed by atoms with Crippen molar-refractivity contribution < 1.29 is 9.59 Å². The van der Waals surface area contributed by atoms with Crippen molar-refractivity contribution in [3.05, 3.63) is 0 Å². The minimum Gasteiger partial charge on any atom is -0.354 e. The highest BCUT2D eigenvalue weighted by molar-refractivity contribution is 5.79. The minimum absolute atomic E-state index is 0.0222. The van der Waals surface area contributed by atoms with Gasteiger partial charge in [0.1, 0.15) is 0 Å². The Hall–Kier alpha value is -1.10. The predicted molar refractivity (Wildman–Crippen MR) is 89.9 cm³/mol. The van der Waals surface area contributed by atoms with Crippen LogP contribution in [0.1, 0.15) is 51.9 Å². The van der Waals surface area contributed by atoms with Gasteiger partial charge in [0.25, 0.3) is 0 Å². The summed E-state index contributed by atoms with van der Waals surface area (Å²) in [5.41, 5.74) is 0. The molecule has 0 aromatic heterocycles. The molecule has 0 radical (unpaired) electrons. The Labute approximate surface area is 139 Å². The van der Waals surface area contributed by atoms with Gasteiger partial charge in [0.15, 0.2) is 0 Å². The smallest absolute Gasteiger partial charge is 0.225 e. The lowest BCUT2D eigenvalue weighted by atomic mass is 9.84. The molecule has 0 aromatic carbocycles. The highest BCUT2D eigenvalue weighted by atomic mass is 16.2. The number of nitrogens with zero attached hydrogens (tertiary/aromatic N) is 2. The summed E-state index contributed by atoms with van der Waals surface area (Å²) in [5, 5.41) is 3.01. The molecule has 2 bridgehead atoms. The zero-order valence-electron chi connectivity index (χ0n) is 14.6. The summed E-state index contributed by atoms with van der Waals surface area (Å²) < 4.78 is 0. The normalized spacial score (nSPS) is 35.5. The van der Waals surface area contributed by atoms with Gasteiger partial charge in [-0.05, 0) is 45.1 Å². The van der Waals surface area contributed by atoms with E-state index in [9.17, 15) is 9.59 Å². The maximum absolute atomic E-state index is 13.1. The van der Waals surface area contributed by atoms with E-state index < -0.39 is 0 Å². The molecule has 2 heterocycles. The van der Waals surface area contributed by atoms with Gasteiger partial charge in [-0.3, -0.25) is 9.59 Å². The van der Waals surface area contributed by atoms with Gasteiger partial charge in [0.05, 0.1) is 0 Å². The first-order valence-corrected chi connectivity index (χ1v) is 9.29. The molecule has 3 fully saturated rings. The molecule has 23 heavy (non-hydrogen) atoms. The van der Waals surface area contributed by atoms with Crippen LogP contribution in [0.4, 0.5) is 0 Å². The number of fused-ring (bicyclic) bond motifs is 3. The monoisotopic (exact) mass is 321 g/mol. The Morgan fingerprint density at radius 3 is 2.57 bits per heavy atom. The van der Waals surface area contributed by atoms with Crippen LogP contribution in [-0.2, 0) is 9.59 Å². The average molecular weight is 321 g/mol. The molecule has 5 nitrogen and oxygen atoms in total.